The Bertz CT molecular complexity index is 1280. The number of benzene rings is 1. The molecule has 1 aliphatic heterocycles. The fourth-order valence-corrected chi connectivity index (χ4v) is 4.72. The summed E-state index contributed by atoms with van der Waals surface area (Å²) in [5.41, 5.74) is 0.791. The maximum atomic E-state index is 13.9. The Morgan fingerprint density at radius 3 is 2.61 bits per heavy atom. The number of pyridine rings is 1. The number of aromatic amines is 1. The van der Waals surface area contributed by atoms with Gasteiger partial charge in [-0.05, 0) is 37.8 Å². The van der Waals surface area contributed by atoms with Crippen molar-refractivity contribution in [1.29, 1.82) is 0 Å². The number of carbonyl (C=O) groups excluding carboxylic acids is 1. The monoisotopic (exact) mass is 504 g/mol. The Balaban J connectivity index is 0.00000176. The van der Waals surface area contributed by atoms with Gasteiger partial charge in [0.05, 0.1) is 22.7 Å². The molecule has 0 saturated carbocycles. The van der Waals surface area contributed by atoms with Crippen LogP contribution in [0.15, 0.2) is 85.2 Å². The molecular formula is C29H36N4O2S. The lowest BCUT2D eigenvalue weighted by Crippen LogP contribution is -2.39. The standard InChI is InChI=1S/C27H30N4O2S.C2H6/c1-2-3-4-5-9-14-27(33)15-10-17-30(19-16-27)25(32)24(21-11-7-6-8-12-21)31-18-13-23-22(26(31)34)20-28-29-23;1-2/h2-9,11-14,18,20,24,33H,10,15-17,19H2,1H3,(H,28,29);1-2H3/b3-2-,5-4-,14-9+;. The van der Waals surface area contributed by atoms with E-state index in [9.17, 15) is 9.90 Å². The minimum atomic E-state index is -0.927. The van der Waals surface area contributed by atoms with E-state index in [2.05, 4.69) is 10.2 Å². The molecule has 1 amide bonds. The number of aliphatic hydroxyl groups is 1. The summed E-state index contributed by atoms with van der Waals surface area (Å²) in [6.07, 6.45) is 16.8. The molecule has 6 nitrogen and oxygen atoms in total. The number of amides is 1. The zero-order valence-corrected chi connectivity index (χ0v) is 22.1. The van der Waals surface area contributed by atoms with Gasteiger partial charge in [-0.2, -0.15) is 5.10 Å². The zero-order chi connectivity index (χ0) is 26.0. The van der Waals surface area contributed by atoms with Gasteiger partial charge in [0.15, 0.2) is 0 Å². The number of hydrogen-bond donors (Lipinski definition) is 2. The Hall–Kier alpha value is -3.29. The molecule has 2 atom stereocenters. The molecule has 0 spiro atoms. The molecule has 0 bridgehead atoms. The number of allylic oxidation sites excluding steroid dienone is 5. The molecule has 2 N–H and O–H groups in total. The van der Waals surface area contributed by atoms with Crippen molar-refractivity contribution in [2.75, 3.05) is 13.1 Å². The van der Waals surface area contributed by atoms with Crippen molar-refractivity contribution >= 4 is 29.0 Å². The Kier molecular flexibility index (Phi) is 9.96. The van der Waals surface area contributed by atoms with Crippen LogP contribution < -0.4 is 0 Å². The van der Waals surface area contributed by atoms with Gasteiger partial charge in [0, 0.05) is 19.3 Å². The summed E-state index contributed by atoms with van der Waals surface area (Å²) in [4.78, 5) is 15.8. The molecule has 0 radical (unpaired) electrons. The third kappa shape index (κ3) is 6.47. The van der Waals surface area contributed by atoms with E-state index < -0.39 is 11.6 Å². The third-order valence-corrected chi connectivity index (χ3v) is 6.69. The van der Waals surface area contributed by atoms with Crippen molar-refractivity contribution in [1.82, 2.24) is 19.7 Å². The summed E-state index contributed by atoms with van der Waals surface area (Å²) < 4.78 is 2.42. The van der Waals surface area contributed by atoms with Crippen LogP contribution in [0.25, 0.3) is 10.9 Å². The van der Waals surface area contributed by atoms with E-state index in [4.69, 9.17) is 12.2 Å². The molecule has 1 aromatic carbocycles. The van der Waals surface area contributed by atoms with E-state index in [1.807, 2.05) is 109 Å². The molecule has 7 heteroatoms. The number of fused-ring (bicyclic) bond motifs is 1. The van der Waals surface area contributed by atoms with E-state index in [1.54, 1.807) is 6.20 Å². The van der Waals surface area contributed by atoms with Gasteiger partial charge in [0.2, 0.25) is 5.91 Å². The van der Waals surface area contributed by atoms with Crippen molar-refractivity contribution in [3.05, 3.63) is 95.5 Å². The fourth-order valence-electron chi connectivity index (χ4n) is 4.39. The lowest BCUT2D eigenvalue weighted by molar-refractivity contribution is -0.133. The van der Waals surface area contributed by atoms with Crippen molar-refractivity contribution in [2.45, 2.75) is 51.7 Å². The number of carbonyl (C=O) groups is 1. The van der Waals surface area contributed by atoms with Gasteiger partial charge < -0.3 is 14.6 Å². The molecule has 3 aromatic rings. The van der Waals surface area contributed by atoms with E-state index in [0.29, 0.717) is 30.6 Å². The first kappa shape index (κ1) is 27.3. The van der Waals surface area contributed by atoms with Crippen LogP contribution in [-0.2, 0) is 4.79 Å². The lowest BCUT2D eigenvalue weighted by atomic mass is 9.94. The van der Waals surface area contributed by atoms with Gasteiger partial charge in [-0.15, -0.1) is 0 Å². The van der Waals surface area contributed by atoms with Crippen LogP contribution in [0.2, 0.25) is 0 Å². The minimum absolute atomic E-state index is 0.0219. The second-order valence-electron chi connectivity index (χ2n) is 8.59. The van der Waals surface area contributed by atoms with Crippen molar-refractivity contribution in [3.8, 4) is 0 Å². The van der Waals surface area contributed by atoms with Crippen LogP contribution in [0.5, 0.6) is 0 Å². The van der Waals surface area contributed by atoms with Gasteiger partial charge in [-0.3, -0.25) is 9.89 Å². The first-order chi connectivity index (χ1) is 17.5. The van der Waals surface area contributed by atoms with Gasteiger partial charge in [0.25, 0.3) is 0 Å². The SMILES string of the molecule is CC.C\C=C/C=C\C=C\C1(O)CCCN(C(=O)C(c2ccccc2)n2ccc3[nH]ncc3c2=S)CC1. The van der Waals surface area contributed by atoms with Gasteiger partial charge in [0.1, 0.15) is 10.7 Å². The quantitative estimate of drug-likeness (QED) is 0.312. The molecule has 2 unspecified atom stereocenters. The highest BCUT2D eigenvalue weighted by molar-refractivity contribution is 7.71. The number of rotatable bonds is 6. The number of hydrogen-bond acceptors (Lipinski definition) is 4. The van der Waals surface area contributed by atoms with Crippen LogP contribution in [0, 0.1) is 4.64 Å². The van der Waals surface area contributed by atoms with Crippen LogP contribution in [-0.4, -0.2) is 49.4 Å². The van der Waals surface area contributed by atoms with E-state index >= 15 is 0 Å². The Morgan fingerprint density at radius 1 is 1.11 bits per heavy atom. The summed E-state index contributed by atoms with van der Waals surface area (Å²) in [5.74, 6) is -0.0219. The first-order valence-corrected chi connectivity index (χ1v) is 13.0. The van der Waals surface area contributed by atoms with Gasteiger partial charge in [-0.1, -0.05) is 92.9 Å². The molecule has 4 rings (SSSR count). The second kappa shape index (κ2) is 13.1. The predicted molar refractivity (Wildman–Crippen MR) is 149 cm³/mol. The van der Waals surface area contributed by atoms with Crippen molar-refractivity contribution in [3.63, 3.8) is 0 Å². The fraction of sp³-hybridized carbons (Fsp3) is 0.345. The number of likely N-dealkylation sites (tertiary alicyclic amines) is 1. The minimum Gasteiger partial charge on any atom is -0.386 e. The normalized spacial score (nSPS) is 19.5. The smallest absolute Gasteiger partial charge is 0.250 e. The predicted octanol–water partition coefficient (Wildman–Crippen LogP) is 6.14. The van der Waals surface area contributed by atoms with E-state index in [-0.39, 0.29) is 5.91 Å². The molecule has 1 aliphatic rings. The Labute approximate surface area is 218 Å². The molecule has 2 aromatic heterocycles. The average Bonchev–Trinajstić information content (AvgIpc) is 3.30. The highest BCUT2D eigenvalue weighted by atomic mass is 32.1. The topological polar surface area (TPSA) is 74.2 Å². The number of nitrogens with zero attached hydrogens (tertiary/aromatic N) is 3. The molecule has 36 heavy (non-hydrogen) atoms. The summed E-state index contributed by atoms with van der Waals surface area (Å²) in [6.45, 7) is 7.03. The maximum Gasteiger partial charge on any atom is 0.250 e. The van der Waals surface area contributed by atoms with Crippen molar-refractivity contribution in [2.24, 2.45) is 0 Å². The van der Waals surface area contributed by atoms with Crippen LogP contribution >= 0.6 is 12.2 Å². The molecule has 190 valence electrons. The van der Waals surface area contributed by atoms with Crippen molar-refractivity contribution < 1.29 is 9.90 Å². The second-order valence-corrected chi connectivity index (χ2v) is 8.98. The van der Waals surface area contributed by atoms with Crippen LogP contribution in [0.4, 0.5) is 0 Å². The summed E-state index contributed by atoms with van der Waals surface area (Å²) >= 11 is 5.76. The molecule has 3 heterocycles. The third-order valence-electron chi connectivity index (χ3n) is 6.26. The summed E-state index contributed by atoms with van der Waals surface area (Å²) in [6, 6.07) is 11.0. The van der Waals surface area contributed by atoms with Crippen LogP contribution in [0.3, 0.4) is 0 Å². The average molecular weight is 505 g/mol. The zero-order valence-electron chi connectivity index (χ0n) is 21.3. The Morgan fingerprint density at radius 2 is 1.86 bits per heavy atom. The lowest BCUT2D eigenvalue weighted by Gasteiger charge is -2.29. The highest BCUT2D eigenvalue weighted by Crippen LogP contribution is 2.28. The molecule has 0 aliphatic carbocycles. The number of aromatic nitrogens is 3. The largest absolute Gasteiger partial charge is 0.386 e. The van der Waals surface area contributed by atoms with Gasteiger partial charge >= 0.3 is 0 Å². The summed E-state index contributed by atoms with van der Waals surface area (Å²) in [7, 11) is 0. The molecule has 1 fully saturated rings. The first-order valence-electron chi connectivity index (χ1n) is 12.6. The number of nitrogens with one attached hydrogen (secondary N) is 1. The molecular weight excluding hydrogens is 468 g/mol. The summed E-state index contributed by atoms with van der Waals surface area (Å²) in [5, 5.41) is 19.0. The highest BCUT2D eigenvalue weighted by Gasteiger charge is 2.33. The van der Waals surface area contributed by atoms with E-state index in [1.165, 1.54) is 0 Å². The van der Waals surface area contributed by atoms with E-state index in [0.717, 1.165) is 22.9 Å². The van der Waals surface area contributed by atoms with Crippen LogP contribution in [0.1, 0.15) is 51.6 Å². The molecule has 1 saturated heterocycles. The maximum absolute atomic E-state index is 13.9. The van der Waals surface area contributed by atoms with Gasteiger partial charge in [-0.25, -0.2) is 0 Å². The number of H-pyrrole nitrogens is 1.